The van der Waals surface area contributed by atoms with Crippen LogP contribution in [0.4, 0.5) is 5.69 Å². The Labute approximate surface area is 215 Å². The molecule has 8 nitrogen and oxygen atoms in total. The van der Waals surface area contributed by atoms with Crippen LogP contribution in [0.5, 0.6) is 0 Å². The third-order valence-corrected chi connectivity index (χ3v) is 7.63. The van der Waals surface area contributed by atoms with Crippen LogP contribution in [0.15, 0.2) is 76.2 Å². The molecule has 0 bridgehead atoms. The number of nitrogens with zero attached hydrogens (tertiary/aromatic N) is 1. The molecule has 0 atom stereocenters. The molecule has 0 fully saturated rings. The number of rotatable bonds is 9. The minimum atomic E-state index is -3.96. The van der Waals surface area contributed by atoms with E-state index in [2.05, 4.69) is 4.72 Å². The van der Waals surface area contributed by atoms with Crippen LogP contribution in [0, 0.1) is 27.7 Å². The topological polar surface area (TPSA) is 108 Å². The third-order valence-electron chi connectivity index (χ3n) is 6.13. The summed E-state index contributed by atoms with van der Waals surface area (Å²) in [5, 5.41) is 0. The van der Waals surface area contributed by atoms with E-state index in [9.17, 15) is 18.0 Å². The summed E-state index contributed by atoms with van der Waals surface area (Å²) in [7, 11) is -3.96. The molecule has 4 rings (SSSR count). The molecule has 0 aliphatic carbocycles. The van der Waals surface area contributed by atoms with Crippen molar-refractivity contribution in [1.29, 1.82) is 0 Å². The minimum absolute atomic E-state index is 0.00692. The van der Waals surface area contributed by atoms with Gasteiger partial charge in [-0.25, -0.2) is 13.2 Å². The van der Waals surface area contributed by atoms with Crippen LogP contribution < -0.4 is 4.72 Å². The fraction of sp³-hybridized carbons (Fsp3) is 0.214. The van der Waals surface area contributed by atoms with Gasteiger partial charge in [0.25, 0.3) is 10.0 Å². The highest BCUT2D eigenvalue weighted by atomic mass is 32.2. The van der Waals surface area contributed by atoms with Crippen molar-refractivity contribution in [3.63, 3.8) is 0 Å². The Bertz CT molecular complexity index is 1570. The molecule has 4 aromatic rings. The number of hydrogen-bond donors (Lipinski definition) is 1. The number of aryl methyl sites for hydroxylation is 3. The Balaban J connectivity index is 1.49. The van der Waals surface area contributed by atoms with E-state index in [1.54, 1.807) is 56.5 Å². The van der Waals surface area contributed by atoms with E-state index < -0.39 is 22.6 Å². The molecular weight excluding hydrogens is 492 g/mol. The molecule has 0 unspecified atom stereocenters. The van der Waals surface area contributed by atoms with E-state index in [0.29, 0.717) is 17.7 Å². The van der Waals surface area contributed by atoms with Gasteiger partial charge < -0.3 is 13.7 Å². The lowest BCUT2D eigenvalue weighted by molar-refractivity contribution is 0.0475. The Morgan fingerprint density at radius 3 is 2.43 bits per heavy atom. The van der Waals surface area contributed by atoms with Gasteiger partial charge >= 0.3 is 5.97 Å². The van der Waals surface area contributed by atoms with Gasteiger partial charge in [-0.1, -0.05) is 24.3 Å². The second-order valence-electron chi connectivity index (χ2n) is 8.87. The van der Waals surface area contributed by atoms with Crippen molar-refractivity contribution in [2.45, 2.75) is 39.1 Å². The van der Waals surface area contributed by atoms with Crippen molar-refractivity contribution in [2.75, 3.05) is 11.3 Å². The Morgan fingerprint density at radius 2 is 1.70 bits per heavy atom. The lowest BCUT2D eigenvalue weighted by Crippen LogP contribution is -2.19. The molecule has 0 radical (unpaired) electrons. The average Bonchev–Trinajstić information content (AvgIpc) is 3.47. The zero-order valence-corrected chi connectivity index (χ0v) is 21.9. The second-order valence-corrected chi connectivity index (χ2v) is 10.5. The number of ketones is 1. The second kappa shape index (κ2) is 10.5. The lowest BCUT2D eigenvalue weighted by Gasteiger charge is -2.14. The fourth-order valence-electron chi connectivity index (χ4n) is 4.12. The lowest BCUT2D eigenvalue weighted by atomic mass is 10.1. The molecular formula is C28H28N2O6S. The maximum atomic E-state index is 13.1. The highest BCUT2D eigenvalue weighted by Gasteiger charge is 2.23. The standard InChI is InChI=1S/C28H28N2O6S/c1-18-11-12-19(2)27(14-18)37(33,34)29-25-10-6-5-9-23(25)28(32)36-17-26(31)24-15-20(3)30(21(24)4)16-22-8-7-13-35-22/h5-15,29H,16-17H2,1-4H3. The molecule has 0 amide bonds. The number of carbonyl (C=O) groups excluding carboxylic acids is 2. The van der Waals surface area contributed by atoms with E-state index in [4.69, 9.17) is 9.15 Å². The first kappa shape index (κ1) is 26.0. The maximum absolute atomic E-state index is 13.1. The van der Waals surface area contributed by atoms with Crippen LogP contribution in [0.3, 0.4) is 0 Å². The molecule has 0 aliphatic heterocycles. The van der Waals surface area contributed by atoms with Gasteiger partial charge in [-0.05, 0) is 75.2 Å². The van der Waals surface area contributed by atoms with Crippen LogP contribution in [-0.2, 0) is 21.3 Å². The van der Waals surface area contributed by atoms with Gasteiger partial charge in [-0.2, -0.15) is 0 Å². The largest absolute Gasteiger partial charge is 0.467 e. The molecule has 37 heavy (non-hydrogen) atoms. The zero-order chi connectivity index (χ0) is 26.7. The number of Topliss-reactive ketones (excluding diaryl/α,β-unsaturated/α-hetero) is 1. The zero-order valence-electron chi connectivity index (χ0n) is 21.1. The van der Waals surface area contributed by atoms with E-state index in [1.807, 2.05) is 30.5 Å². The van der Waals surface area contributed by atoms with Crippen molar-refractivity contribution in [2.24, 2.45) is 0 Å². The number of aromatic nitrogens is 1. The quantitative estimate of drug-likeness (QED) is 0.240. The highest BCUT2D eigenvalue weighted by molar-refractivity contribution is 7.92. The first-order valence-corrected chi connectivity index (χ1v) is 13.1. The Hall–Kier alpha value is -4.11. The number of nitrogens with one attached hydrogen (secondary N) is 1. The van der Waals surface area contributed by atoms with E-state index in [1.165, 1.54) is 12.1 Å². The van der Waals surface area contributed by atoms with E-state index in [-0.39, 0.29) is 21.9 Å². The fourth-order valence-corrected chi connectivity index (χ4v) is 5.53. The molecule has 2 heterocycles. The summed E-state index contributed by atoms with van der Waals surface area (Å²) in [4.78, 5) is 25.9. The molecule has 0 aliphatic rings. The van der Waals surface area contributed by atoms with Gasteiger partial charge in [-0.3, -0.25) is 9.52 Å². The number of anilines is 1. The Morgan fingerprint density at radius 1 is 0.946 bits per heavy atom. The third kappa shape index (κ3) is 5.67. The molecule has 2 aromatic heterocycles. The predicted molar refractivity (Wildman–Crippen MR) is 139 cm³/mol. The highest BCUT2D eigenvalue weighted by Crippen LogP contribution is 2.24. The summed E-state index contributed by atoms with van der Waals surface area (Å²) >= 11 is 0. The van der Waals surface area contributed by atoms with Crippen molar-refractivity contribution in [1.82, 2.24) is 4.57 Å². The van der Waals surface area contributed by atoms with E-state index in [0.717, 1.165) is 22.7 Å². The molecule has 9 heteroatoms. The van der Waals surface area contributed by atoms with Crippen LogP contribution >= 0.6 is 0 Å². The monoisotopic (exact) mass is 520 g/mol. The van der Waals surface area contributed by atoms with Crippen molar-refractivity contribution in [3.8, 4) is 0 Å². The predicted octanol–water partition coefficient (Wildman–Crippen LogP) is 5.20. The van der Waals surface area contributed by atoms with E-state index >= 15 is 0 Å². The van der Waals surface area contributed by atoms with Crippen LogP contribution in [-0.4, -0.2) is 31.3 Å². The number of para-hydroxylation sites is 1. The summed E-state index contributed by atoms with van der Waals surface area (Å²) in [6.07, 6.45) is 1.59. The number of sulfonamides is 1. The number of hydrogen-bond acceptors (Lipinski definition) is 6. The molecule has 0 saturated heterocycles. The van der Waals surface area contributed by atoms with Crippen molar-refractivity contribution >= 4 is 27.5 Å². The minimum Gasteiger partial charge on any atom is -0.467 e. The Kier molecular flexibility index (Phi) is 7.35. The number of carbonyl (C=O) groups is 2. The van der Waals surface area contributed by atoms with Gasteiger partial charge in [-0.15, -0.1) is 0 Å². The van der Waals surface area contributed by atoms with Crippen molar-refractivity contribution in [3.05, 3.63) is 106 Å². The molecule has 0 saturated carbocycles. The van der Waals surface area contributed by atoms with Gasteiger partial charge in [0.2, 0.25) is 5.78 Å². The molecule has 192 valence electrons. The normalized spacial score (nSPS) is 11.4. The summed E-state index contributed by atoms with van der Waals surface area (Å²) in [5.74, 6) is -0.412. The van der Waals surface area contributed by atoms with Gasteiger partial charge in [0.15, 0.2) is 6.61 Å². The summed E-state index contributed by atoms with van der Waals surface area (Å²) in [6, 6.07) is 16.6. The number of furan rings is 1. The van der Waals surface area contributed by atoms with Gasteiger partial charge in [0.05, 0.1) is 29.0 Å². The maximum Gasteiger partial charge on any atom is 0.340 e. The summed E-state index contributed by atoms with van der Waals surface area (Å²) in [6.45, 7) is 7.20. The number of benzene rings is 2. The molecule has 0 spiro atoms. The average molecular weight is 521 g/mol. The van der Waals surface area contributed by atoms with Crippen LogP contribution in [0.25, 0.3) is 0 Å². The summed E-state index contributed by atoms with van der Waals surface area (Å²) in [5.41, 5.74) is 3.49. The van der Waals surface area contributed by atoms with Gasteiger partial charge in [0, 0.05) is 17.0 Å². The number of esters is 1. The molecule has 2 aromatic carbocycles. The summed E-state index contributed by atoms with van der Waals surface area (Å²) < 4.78 is 41.3. The first-order valence-electron chi connectivity index (χ1n) is 11.7. The smallest absolute Gasteiger partial charge is 0.340 e. The molecule has 1 N–H and O–H groups in total. The van der Waals surface area contributed by atoms with Crippen LogP contribution in [0.2, 0.25) is 0 Å². The van der Waals surface area contributed by atoms with Crippen LogP contribution in [0.1, 0.15) is 49.0 Å². The number of ether oxygens (including phenoxy) is 1. The van der Waals surface area contributed by atoms with Gasteiger partial charge in [0.1, 0.15) is 5.76 Å². The SMILES string of the molecule is Cc1ccc(C)c(S(=O)(=O)Nc2ccccc2C(=O)OCC(=O)c2cc(C)n(Cc3ccco3)c2C)c1. The van der Waals surface area contributed by atoms with Crippen molar-refractivity contribution < 1.29 is 27.2 Å². The first-order chi connectivity index (χ1) is 17.6.